The Kier molecular flexibility index (Phi) is 9.61. The third kappa shape index (κ3) is 7.17. The van der Waals surface area contributed by atoms with Crippen molar-refractivity contribution in [3.63, 3.8) is 0 Å². The van der Waals surface area contributed by atoms with Crippen LogP contribution in [-0.4, -0.2) is 30.1 Å². The number of thiophene rings is 1. The van der Waals surface area contributed by atoms with Crippen LogP contribution in [0, 0.1) is 0 Å². The Morgan fingerprint density at radius 2 is 1.77 bits per heavy atom. The predicted molar refractivity (Wildman–Crippen MR) is 153 cm³/mol. The second-order valence-corrected chi connectivity index (χ2v) is 10.7. The fraction of sp³-hybridized carbons (Fsp3) is 0.286. The summed E-state index contributed by atoms with van der Waals surface area (Å²) in [6.45, 7) is 3.92. The lowest BCUT2D eigenvalue weighted by atomic mass is 9.95. The number of nitrogens with one attached hydrogen (secondary N) is 2. The zero-order valence-corrected chi connectivity index (χ0v) is 23.8. The van der Waals surface area contributed by atoms with E-state index in [9.17, 15) is 14.4 Å². The number of carbonyl (C=O) groups excluding carboxylic acids is 3. The number of aryl methyl sites for hydroxylation is 1. The number of fused-ring (bicyclic) bond motifs is 1. The van der Waals surface area contributed by atoms with Crippen molar-refractivity contribution in [2.24, 2.45) is 5.10 Å². The van der Waals surface area contributed by atoms with Crippen LogP contribution in [0.3, 0.4) is 0 Å². The van der Waals surface area contributed by atoms with Gasteiger partial charge in [-0.15, -0.1) is 11.3 Å². The molecule has 0 atom stereocenters. The van der Waals surface area contributed by atoms with Crippen molar-refractivity contribution in [2.45, 2.75) is 46.1 Å². The third-order valence-corrected chi connectivity index (χ3v) is 7.89. The Bertz CT molecular complexity index is 1420. The summed E-state index contributed by atoms with van der Waals surface area (Å²) in [4.78, 5) is 38.7. The second-order valence-electron chi connectivity index (χ2n) is 8.78. The minimum absolute atomic E-state index is 0.217. The lowest BCUT2D eigenvalue weighted by Gasteiger charge is -2.12. The molecule has 39 heavy (non-hydrogen) atoms. The number of amides is 2. The number of carbonyl (C=O) groups is 3. The first kappa shape index (κ1) is 28.6. The first-order valence-corrected chi connectivity index (χ1v) is 14.0. The molecule has 0 aliphatic heterocycles. The zero-order chi connectivity index (χ0) is 27.9. The van der Waals surface area contributed by atoms with E-state index in [1.807, 2.05) is 0 Å². The van der Waals surface area contributed by atoms with Gasteiger partial charge in [0.15, 0.2) is 0 Å². The highest BCUT2D eigenvalue weighted by Crippen LogP contribution is 2.38. The Morgan fingerprint density at radius 1 is 1.03 bits per heavy atom. The summed E-state index contributed by atoms with van der Waals surface area (Å²) in [5, 5.41) is 8.04. The van der Waals surface area contributed by atoms with Crippen molar-refractivity contribution in [2.75, 3.05) is 11.9 Å². The summed E-state index contributed by atoms with van der Waals surface area (Å²) < 4.78 is 11.0. The number of hydrogen-bond acceptors (Lipinski definition) is 7. The van der Waals surface area contributed by atoms with E-state index >= 15 is 0 Å². The zero-order valence-electron chi connectivity index (χ0n) is 21.4. The number of nitrogens with zero attached hydrogens (tertiary/aromatic N) is 1. The van der Waals surface area contributed by atoms with E-state index in [0.29, 0.717) is 32.1 Å². The van der Waals surface area contributed by atoms with Gasteiger partial charge in [0, 0.05) is 20.5 Å². The summed E-state index contributed by atoms with van der Waals surface area (Å²) in [7, 11) is 0. The molecule has 3 aromatic rings. The van der Waals surface area contributed by atoms with Crippen LogP contribution >= 0.6 is 34.5 Å². The maximum atomic E-state index is 12.6. The van der Waals surface area contributed by atoms with Crippen LogP contribution in [0.25, 0.3) is 0 Å². The third-order valence-electron chi connectivity index (χ3n) is 6.09. The molecule has 0 bridgehead atoms. The van der Waals surface area contributed by atoms with Gasteiger partial charge in [-0.05, 0) is 87.1 Å². The van der Waals surface area contributed by atoms with Gasteiger partial charge in [-0.25, -0.2) is 10.2 Å². The molecule has 11 heteroatoms. The van der Waals surface area contributed by atoms with Crippen LogP contribution in [0.4, 0.5) is 5.00 Å². The first-order valence-electron chi connectivity index (χ1n) is 12.4. The summed E-state index contributed by atoms with van der Waals surface area (Å²) in [6, 6.07) is 12.3. The van der Waals surface area contributed by atoms with E-state index in [4.69, 9.17) is 32.7 Å². The van der Waals surface area contributed by atoms with Gasteiger partial charge in [0.25, 0.3) is 0 Å². The molecule has 0 saturated carbocycles. The standard InChI is InChI=1S/C28H27Cl2N3O5S/c1-3-37-28(36)24-21-6-4-5-7-23(21)39-27(24)31-25(34)26(35)33-32-16(2)17-9-12-20(13-10-17)38-15-18-8-11-19(29)14-22(18)30/h8-14H,3-7,15H2,1-2H3,(H,31,34)(H,33,35)/b32-16+. The van der Waals surface area contributed by atoms with E-state index in [1.165, 1.54) is 11.3 Å². The lowest BCUT2D eigenvalue weighted by Crippen LogP contribution is -2.33. The lowest BCUT2D eigenvalue weighted by molar-refractivity contribution is -0.136. The van der Waals surface area contributed by atoms with Gasteiger partial charge in [0.2, 0.25) is 0 Å². The summed E-state index contributed by atoms with van der Waals surface area (Å²) >= 11 is 13.4. The molecule has 1 aliphatic rings. The van der Waals surface area contributed by atoms with Crippen molar-refractivity contribution in [3.8, 4) is 5.75 Å². The Labute approximate surface area is 240 Å². The van der Waals surface area contributed by atoms with Crippen LogP contribution in [0.15, 0.2) is 47.6 Å². The molecule has 0 fully saturated rings. The summed E-state index contributed by atoms with van der Waals surface area (Å²) in [5.74, 6) is -1.74. The number of hydrogen-bond donors (Lipinski definition) is 2. The van der Waals surface area contributed by atoms with Gasteiger partial charge in [-0.2, -0.15) is 5.10 Å². The summed E-state index contributed by atoms with van der Waals surface area (Å²) in [6.07, 6.45) is 3.55. The SMILES string of the molecule is CCOC(=O)c1c(NC(=O)C(=O)N/N=C(\C)c2ccc(OCc3ccc(Cl)cc3Cl)cc2)sc2c1CCCC2. The monoisotopic (exact) mass is 587 g/mol. The molecule has 2 amide bonds. The number of rotatable bonds is 8. The molecule has 2 N–H and O–H groups in total. The van der Waals surface area contributed by atoms with Crippen LogP contribution in [0.1, 0.15) is 58.6 Å². The highest BCUT2D eigenvalue weighted by atomic mass is 35.5. The average Bonchev–Trinajstić information content (AvgIpc) is 3.29. The van der Waals surface area contributed by atoms with Crippen molar-refractivity contribution in [1.29, 1.82) is 0 Å². The van der Waals surface area contributed by atoms with Crippen molar-refractivity contribution >= 4 is 63.0 Å². The van der Waals surface area contributed by atoms with E-state index in [2.05, 4.69) is 15.8 Å². The molecule has 4 rings (SSSR count). The largest absolute Gasteiger partial charge is 0.489 e. The fourth-order valence-corrected chi connectivity index (χ4v) is 5.81. The molecule has 8 nitrogen and oxygen atoms in total. The number of hydrazone groups is 1. The van der Waals surface area contributed by atoms with Crippen LogP contribution in [-0.2, 0) is 33.8 Å². The highest BCUT2D eigenvalue weighted by Gasteiger charge is 2.28. The smallest absolute Gasteiger partial charge is 0.341 e. The average molecular weight is 589 g/mol. The molecule has 2 aromatic carbocycles. The van der Waals surface area contributed by atoms with Crippen molar-refractivity contribution in [1.82, 2.24) is 5.43 Å². The van der Waals surface area contributed by atoms with Gasteiger partial charge >= 0.3 is 17.8 Å². The van der Waals surface area contributed by atoms with Crippen LogP contribution < -0.4 is 15.5 Å². The van der Waals surface area contributed by atoms with Gasteiger partial charge in [0.1, 0.15) is 17.4 Å². The number of anilines is 1. The van der Waals surface area contributed by atoms with Gasteiger partial charge in [-0.3, -0.25) is 9.59 Å². The van der Waals surface area contributed by atoms with Crippen LogP contribution in [0.5, 0.6) is 5.75 Å². The number of halogens is 2. The van der Waals surface area contributed by atoms with Gasteiger partial charge in [-0.1, -0.05) is 29.3 Å². The van der Waals surface area contributed by atoms with E-state index in [0.717, 1.165) is 47.3 Å². The summed E-state index contributed by atoms with van der Waals surface area (Å²) in [5.41, 5.74) is 5.54. The minimum atomic E-state index is -0.949. The van der Waals surface area contributed by atoms with Crippen molar-refractivity contribution in [3.05, 3.63) is 79.6 Å². The molecular weight excluding hydrogens is 561 g/mol. The predicted octanol–water partition coefficient (Wildman–Crippen LogP) is 6.17. The fourth-order valence-electron chi connectivity index (χ4n) is 4.08. The molecule has 1 aromatic heterocycles. The van der Waals surface area contributed by atoms with Crippen molar-refractivity contribution < 1.29 is 23.9 Å². The highest BCUT2D eigenvalue weighted by molar-refractivity contribution is 7.17. The first-order chi connectivity index (χ1) is 18.8. The molecule has 204 valence electrons. The molecule has 0 saturated heterocycles. The Balaban J connectivity index is 1.36. The maximum absolute atomic E-state index is 12.6. The molecule has 0 radical (unpaired) electrons. The molecule has 0 unspecified atom stereocenters. The number of esters is 1. The van der Waals surface area contributed by atoms with Gasteiger partial charge < -0.3 is 14.8 Å². The van der Waals surface area contributed by atoms with E-state index in [-0.39, 0.29) is 13.2 Å². The topological polar surface area (TPSA) is 106 Å². The minimum Gasteiger partial charge on any atom is -0.489 e. The van der Waals surface area contributed by atoms with Gasteiger partial charge in [0.05, 0.1) is 17.9 Å². The Hall–Kier alpha value is -3.40. The Morgan fingerprint density at radius 3 is 2.49 bits per heavy atom. The second kappa shape index (κ2) is 13.1. The normalized spacial score (nSPS) is 12.9. The van der Waals surface area contributed by atoms with E-state index in [1.54, 1.807) is 56.3 Å². The maximum Gasteiger partial charge on any atom is 0.341 e. The quantitative estimate of drug-likeness (QED) is 0.142. The molecule has 0 spiro atoms. The van der Waals surface area contributed by atoms with E-state index < -0.39 is 17.8 Å². The molecular formula is C28H27Cl2N3O5S. The van der Waals surface area contributed by atoms with Crippen LogP contribution in [0.2, 0.25) is 10.0 Å². The number of benzene rings is 2. The molecule has 1 aliphatic carbocycles. The molecule has 1 heterocycles. The number of ether oxygens (including phenoxy) is 2.